The van der Waals surface area contributed by atoms with Crippen molar-refractivity contribution in [2.45, 2.75) is 26.9 Å². The average molecular weight is 287 g/mol. The molecule has 0 aliphatic heterocycles. The summed E-state index contributed by atoms with van der Waals surface area (Å²) in [7, 11) is 0. The maximum Gasteiger partial charge on any atom is 0.312 e. The van der Waals surface area contributed by atoms with Crippen LogP contribution in [0.5, 0.6) is 0 Å². The topological polar surface area (TPSA) is 59.4 Å². The molecule has 0 spiro atoms. The predicted molar refractivity (Wildman–Crippen MR) is 81.7 cm³/mol. The van der Waals surface area contributed by atoms with Gasteiger partial charge in [0.25, 0.3) is 0 Å². The molecule has 4 nitrogen and oxygen atoms in total. The standard InChI is InChI=1S/C17H21NO3/c1-4-21-17(20)15(11(2)3)16(19)13-7-8-14-12(10-13)6-5-9-18-14/h5-11,15-16,19H,4H2,1-3H3. The van der Waals surface area contributed by atoms with Gasteiger partial charge in [-0.3, -0.25) is 9.78 Å². The number of carbonyl (C=O) groups is 1. The van der Waals surface area contributed by atoms with Gasteiger partial charge >= 0.3 is 5.97 Å². The highest BCUT2D eigenvalue weighted by Gasteiger charge is 2.32. The van der Waals surface area contributed by atoms with E-state index in [1.807, 2.05) is 44.2 Å². The number of aliphatic hydroxyl groups is 1. The zero-order valence-electron chi connectivity index (χ0n) is 12.6. The van der Waals surface area contributed by atoms with Gasteiger partial charge < -0.3 is 9.84 Å². The van der Waals surface area contributed by atoms with Crippen LogP contribution in [0.1, 0.15) is 32.4 Å². The summed E-state index contributed by atoms with van der Waals surface area (Å²) in [6.07, 6.45) is 0.849. The van der Waals surface area contributed by atoms with Gasteiger partial charge in [0.2, 0.25) is 0 Å². The van der Waals surface area contributed by atoms with Crippen molar-refractivity contribution in [2.75, 3.05) is 6.61 Å². The number of rotatable bonds is 5. The fourth-order valence-electron chi connectivity index (χ4n) is 2.49. The first kappa shape index (κ1) is 15.4. The molecule has 2 unspecified atom stereocenters. The Kier molecular flexibility index (Phi) is 4.91. The Hall–Kier alpha value is -1.94. The molecule has 0 amide bonds. The van der Waals surface area contributed by atoms with Crippen LogP contribution in [0.2, 0.25) is 0 Å². The smallest absolute Gasteiger partial charge is 0.312 e. The molecule has 2 aromatic rings. The highest BCUT2D eigenvalue weighted by atomic mass is 16.5. The van der Waals surface area contributed by atoms with Crippen molar-refractivity contribution in [1.82, 2.24) is 4.98 Å². The second-order valence-electron chi connectivity index (χ2n) is 5.42. The molecule has 0 saturated heterocycles. The Morgan fingerprint density at radius 3 is 2.76 bits per heavy atom. The molecule has 1 N–H and O–H groups in total. The zero-order chi connectivity index (χ0) is 15.4. The van der Waals surface area contributed by atoms with E-state index in [-0.39, 0.29) is 11.9 Å². The zero-order valence-corrected chi connectivity index (χ0v) is 12.6. The molecular formula is C17H21NO3. The maximum absolute atomic E-state index is 12.1. The Balaban J connectivity index is 2.33. The number of aliphatic hydroxyl groups excluding tert-OH is 1. The predicted octanol–water partition coefficient (Wildman–Crippen LogP) is 3.10. The van der Waals surface area contributed by atoms with E-state index in [0.29, 0.717) is 12.2 Å². The van der Waals surface area contributed by atoms with Gasteiger partial charge in [-0.15, -0.1) is 0 Å². The van der Waals surface area contributed by atoms with Gasteiger partial charge in [0.15, 0.2) is 0 Å². The summed E-state index contributed by atoms with van der Waals surface area (Å²) >= 11 is 0. The third-order valence-electron chi connectivity index (χ3n) is 3.59. The fourth-order valence-corrected chi connectivity index (χ4v) is 2.49. The molecular weight excluding hydrogens is 266 g/mol. The lowest BCUT2D eigenvalue weighted by molar-refractivity contribution is -0.154. The minimum Gasteiger partial charge on any atom is -0.466 e. The molecule has 0 radical (unpaired) electrons. The number of ether oxygens (including phenoxy) is 1. The molecule has 0 bridgehead atoms. The van der Waals surface area contributed by atoms with Gasteiger partial charge in [0.1, 0.15) is 0 Å². The molecule has 0 aliphatic carbocycles. The number of benzene rings is 1. The summed E-state index contributed by atoms with van der Waals surface area (Å²) in [5, 5.41) is 11.5. The van der Waals surface area contributed by atoms with Crippen molar-refractivity contribution >= 4 is 16.9 Å². The van der Waals surface area contributed by atoms with Crippen LogP contribution in [-0.2, 0) is 9.53 Å². The monoisotopic (exact) mass is 287 g/mol. The largest absolute Gasteiger partial charge is 0.466 e. The molecule has 4 heteroatoms. The summed E-state index contributed by atoms with van der Waals surface area (Å²) in [6, 6.07) is 9.34. The number of hydrogen-bond acceptors (Lipinski definition) is 4. The maximum atomic E-state index is 12.1. The van der Waals surface area contributed by atoms with Crippen LogP contribution in [0.25, 0.3) is 10.9 Å². The van der Waals surface area contributed by atoms with Crippen LogP contribution in [-0.4, -0.2) is 22.7 Å². The van der Waals surface area contributed by atoms with Crippen molar-refractivity contribution in [1.29, 1.82) is 0 Å². The van der Waals surface area contributed by atoms with Crippen molar-refractivity contribution < 1.29 is 14.6 Å². The minimum atomic E-state index is -0.881. The average Bonchev–Trinajstić information content (AvgIpc) is 2.46. The summed E-state index contributed by atoms with van der Waals surface area (Å²) in [5.41, 5.74) is 1.58. The van der Waals surface area contributed by atoms with Crippen LogP contribution in [0, 0.1) is 11.8 Å². The van der Waals surface area contributed by atoms with Crippen LogP contribution in [0.15, 0.2) is 36.5 Å². The van der Waals surface area contributed by atoms with Crippen LogP contribution < -0.4 is 0 Å². The highest BCUT2D eigenvalue weighted by Crippen LogP contribution is 2.30. The number of hydrogen-bond donors (Lipinski definition) is 1. The molecule has 2 rings (SSSR count). The molecule has 0 aliphatic rings. The van der Waals surface area contributed by atoms with E-state index >= 15 is 0 Å². The van der Waals surface area contributed by atoms with E-state index in [1.54, 1.807) is 13.1 Å². The van der Waals surface area contributed by atoms with E-state index in [0.717, 1.165) is 10.9 Å². The van der Waals surface area contributed by atoms with Crippen LogP contribution >= 0.6 is 0 Å². The van der Waals surface area contributed by atoms with E-state index < -0.39 is 12.0 Å². The number of esters is 1. The Labute approximate surface area is 124 Å². The van der Waals surface area contributed by atoms with E-state index in [2.05, 4.69) is 4.98 Å². The van der Waals surface area contributed by atoms with Crippen LogP contribution in [0.4, 0.5) is 0 Å². The van der Waals surface area contributed by atoms with E-state index in [9.17, 15) is 9.90 Å². The number of aromatic nitrogens is 1. The quantitative estimate of drug-likeness (QED) is 0.858. The van der Waals surface area contributed by atoms with Gasteiger partial charge in [-0.05, 0) is 36.6 Å². The molecule has 21 heavy (non-hydrogen) atoms. The first-order valence-corrected chi connectivity index (χ1v) is 7.24. The minimum absolute atomic E-state index is 0.0105. The number of nitrogens with zero attached hydrogens (tertiary/aromatic N) is 1. The van der Waals surface area contributed by atoms with Crippen molar-refractivity contribution in [3.8, 4) is 0 Å². The molecule has 1 aromatic carbocycles. The number of pyridine rings is 1. The Morgan fingerprint density at radius 2 is 2.10 bits per heavy atom. The number of fused-ring (bicyclic) bond motifs is 1. The second kappa shape index (κ2) is 6.68. The molecule has 2 atom stereocenters. The first-order chi connectivity index (χ1) is 10.0. The lowest BCUT2D eigenvalue weighted by Crippen LogP contribution is -2.29. The van der Waals surface area contributed by atoms with Gasteiger partial charge in [-0.1, -0.05) is 26.0 Å². The summed E-state index contributed by atoms with van der Waals surface area (Å²) < 4.78 is 5.08. The lowest BCUT2D eigenvalue weighted by atomic mass is 9.86. The highest BCUT2D eigenvalue weighted by molar-refractivity contribution is 5.79. The van der Waals surface area contributed by atoms with Gasteiger partial charge in [-0.2, -0.15) is 0 Å². The molecule has 0 saturated carbocycles. The molecule has 112 valence electrons. The van der Waals surface area contributed by atoms with Gasteiger partial charge in [-0.25, -0.2) is 0 Å². The summed E-state index contributed by atoms with van der Waals surface area (Å²) in [6.45, 7) is 5.90. The SMILES string of the molecule is CCOC(=O)C(C(C)C)C(O)c1ccc2ncccc2c1. The third kappa shape index (κ3) is 3.39. The normalized spacial score (nSPS) is 14.1. The molecule has 1 heterocycles. The molecule has 1 aromatic heterocycles. The fraction of sp³-hybridized carbons (Fsp3) is 0.412. The summed E-state index contributed by atoms with van der Waals surface area (Å²) in [4.78, 5) is 16.3. The molecule has 0 fully saturated rings. The second-order valence-corrected chi connectivity index (χ2v) is 5.42. The van der Waals surface area contributed by atoms with E-state index in [4.69, 9.17) is 4.74 Å². The van der Waals surface area contributed by atoms with E-state index in [1.165, 1.54) is 0 Å². The van der Waals surface area contributed by atoms with Gasteiger partial charge in [0, 0.05) is 11.6 Å². The van der Waals surface area contributed by atoms with Crippen molar-refractivity contribution in [3.05, 3.63) is 42.1 Å². The Morgan fingerprint density at radius 1 is 1.33 bits per heavy atom. The van der Waals surface area contributed by atoms with Crippen molar-refractivity contribution in [3.63, 3.8) is 0 Å². The van der Waals surface area contributed by atoms with Crippen LogP contribution in [0.3, 0.4) is 0 Å². The van der Waals surface area contributed by atoms with Gasteiger partial charge in [0.05, 0.1) is 24.1 Å². The summed E-state index contributed by atoms with van der Waals surface area (Å²) in [5.74, 6) is -0.936. The third-order valence-corrected chi connectivity index (χ3v) is 3.59. The van der Waals surface area contributed by atoms with Crippen molar-refractivity contribution in [2.24, 2.45) is 11.8 Å². The first-order valence-electron chi connectivity index (χ1n) is 7.24. The lowest BCUT2D eigenvalue weighted by Gasteiger charge is -2.25. The Bertz CT molecular complexity index is 624. The number of carbonyl (C=O) groups excluding carboxylic acids is 1.